The molecule has 0 aliphatic carbocycles. The van der Waals surface area contributed by atoms with Crippen LogP contribution in [0.2, 0.25) is 0 Å². The summed E-state index contributed by atoms with van der Waals surface area (Å²) >= 11 is 0. The molecule has 9 nitrogen and oxygen atoms in total. The number of nitrogens with one attached hydrogen (secondary N) is 1. The quantitative estimate of drug-likeness (QED) is 0.738. The Bertz CT molecular complexity index is 1040. The molecule has 0 atom stereocenters. The van der Waals surface area contributed by atoms with E-state index in [0.29, 0.717) is 30.1 Å². The van der Waals surface area contributed by atoms with Gasteiger partial charge in [0.1, 0.15) is 11.3 Å². The summed E-state index contributed by atoms with van der Waals surface area (Å²) in [4.78, 5) is 40.1. The van der Waals surface area contributed by atoms with Gasteiger partial charge in [0.15, 0.2) is 5.65 Å². The molecule has 0 bridgehead atoms. The predicted octanol–water partition coefficient (Wildman–Crippen LogP) is 0.895. The van der Waals surface area contributed by atoms with Gasteiger partial charge in [0.25, 0.3) is 5.56 Å². The monoisotopic (exact) mass is 342 g/mol. The zero-order valence-corrected chi connectivity index (χ0v) is 14.2. The van der Waals surface area contributed by atoms with Crippen LogP contribution in [0.5, 0.6) is 6.01 Å². The number of H-pyrrole nitrogens is 1. The zero-order valence-electron chi connectivity index (χ0n) is 14.2. The molecular weight excluding hydrogens is 324 g/mol. The molecule has 3 heterocycles. The van der Waals surface area contributed by atoms with Crippen LogP contribution in [0.25, 0.3) is 23.3 Å². The van der Waals surface area contributed by atoms with Gasteiger partial charge in [-0.2, -0.15) is 0 Å². The lowest BCUT2D eigenvalue weighted by molar-refractivity contribution is 0.379. The topological polar surface area (TPSA) is 108 Å². The summed E-state index contributed by atoms with van der Waals surface area (Å²) in [7, 11) is 1.50. The van der Waals surface area contributed by atoms with Crippen molar-refractivity contribution in [3.8, 4) is 6.01 Å². The van der Waals surface area contributed by atoms with Crippen LogP contribution in [0.3, 0.4) is 0 Å². The molecule has 25 heavy (non-hydrogen) atoms. The van der Waals surface area contributed by atoms with Gasteiger partial charge in [0.05, 0.1) is 7.11 Å². The SMILES string of the molecule is CCn1c(=O)c2[nH]c(/C=C/c3cnc(OC)nc3)nc2n(CC)c1=O. The van der Waals surface area contributed by atoms with Crippen LogP contribution in [0.1, 0.15) is 25.2 Å². The molecule has 3 rings (SSSR count). The van der Waals surface area contributed by atoms with Gasteiger partial charge in [-0.3, -0.25) is 13.9 Å². The zero-order chi connectivity index (χ0) is 18.0. The van der Waals surface area contributed by atoms with Crippen molar-refractivity contribution in [3.63, 3.8) is 0 Å². The number of aryl methyl sites for hydroxylation is 1. The molecule has 0 aliphatic rings. The Morgan fingerprint density at radius 2 is 1.80 bits per heavy atom. The van der Waals surface area contributed by atoms with E-state index in [9.17, 15) is 9.59 Å². The Morgan fingerprint density at radius 1 is 1.12 bits per heavy atom. The Balaban J connectivity index is 2.06. The van der Waals surface area contributed by atoms with Gasteiger partial charge in [-0.25, -0.2) is 19.7 Å². The van der Waals surface area contributed by atoms with Crippen molar-refractivity contribution < 1.29 is 4.74 Å². The van der Waals surface area contributed by atoms with Crippen molar-refractivity contribution in [1.29, 1.82) is 0 Å². The van der Waals surface area contributed by atoms with E-state index in [4.69, 9.17) is 4.74 Å². The summed E-state index contributed by atoms with van der Waals surface area (Å²) < 4.78 is 7.58. The van der Waals surface area contributed by atoms with Gasteiger partial charge in [0, 0.05) is 31.0 Å². The van der Waals surface area contributed by atoms with Crippen molar-refractivity contribution in [1.82, 2.24) is 29.1 Å². The molecule has 9 heteroatoms. The van der Waals surface area contributed by atoms with E-state index in [0.717, 1.165) is 5.56 Å². The van der Waals surface area contributed by atoms with E-state index in [-0.39, 0.29) is 17.3 Å². The standard InChI is InChI=1S/C16H18N6O3/c1-4-21-13-12(14(23)22(5-2)16(21)24)19-11(20-13)7-6-10-8-17-15(25-3)18-9-10/h6-9H,4-5H2,1-3H3,(H,19,20)/b7-6+. The van der Waals surface area contributed by atoms with Gasteiger partial charge in [-0.05, 0) is 26.0 Å². The predicted molar refractivity (Wildman–Crippen MR) is 93.5 cm³/mol. The number of aromatic nitrogens is 6. The molecule has 3 aromatic rings. The number of hydrogen-bond acceptors (Lipinski definition) is 6. The minimum absolute atomic E-state index is 0.285. The van der Waals surface area contributed by atoms with Gasteiger partial charge in [-0.15, -0.1) is 0 Å². The number of rotatable bonds is 5. The van der Waals surface area contributed by atoms with Crippen molar-refractivity contribution in [3.05, 3.63) is 44.6 Å². The third kappa shape index (κ3) is 2.95. The smallest absolute Gasteiger partial charge is 0.332 e. The van der Waals surface area contributed by atoms with E-state index in [1.807, 2.05) is 6.92 Å². The Morgan fingerprint density at radius 3 is 2.40 bits per heavy atom. The molecule has 0 fully saturated rings. The van der Waals surface area contributed by atoms with Crippen LogP contribution >= 0.6 is 0 Å². The maximum Gasteiger partial charge on any atom is 0.332 e. The molecule has 0 unspecified atom stereocenters. The number of nitrogens with zero attached hydrogens (tertiary/aromatic N) is 5. The summed E-state index contributed by atoms with van der Waals surface area (Å²) in [6.07, 6.45) is 6.67. The lowest BCUT2D eigenvalue weighted by Crippen LogP contribution is -2.39. The van der Waals surface area contributed by atoms with Gasteiger partial charge in [-0.1, -0.05) is 0 Å². The van der Waals surface area contributed by atoms with Gasteiger partial charge >= 0.3 is 11.7 Å². The highest BCUT2D eigenvalue weighted by molar-refractivity contribution is 5.75. The van der Waals surface area contributed by atoms with Gasteiger partial charge in [0.2, 0.25) is 0 Å². The first kappa shape index (κ1) is 16.6. The highest BCUT2D eigenvalue weighted by Gasteiger charge is 2.14. The first-order valence-electron chi connectivity index (χ1n) is 7.86. The van der Waals surface area contributed by atoms with E-state index in [1.165, 1.54) is 16.2 Å². The minimum Gasteiger partial charge on any atom is -0.467 e. The molecule has 0 aromatic carbocycles. The molecule has 0 saturated carbocycles. The number of methoxy groups -OCH3 is 1. The lowest BCUT2D eigenvalue weighted by atomic mass is 10.3. The third-order valence-electron chi connectivity index (χ3n) is 3.78. The van der Waals surface area contributed by atoms with Crippen LogP contribution in [0.4, 0.5) is 0 Å². The van der Waals surface area contributed by atoms with Crippen molar-refractivity contribution in [2.45, 2.75) is 26.9 Å². The maximum absolute atomic E-state index is 12.4. The van der Waals surface area contributed by atoms with E-state index in [1.54, 1.807) is 31.5 Å². The second kappa shape index (κ2) is 6.71. The van der Waals surface area contributed by atoms with E-state index in [2.05, 4.69) is 19.9 Å². The first-order chi connectivity index (χ1) is 12.1. The fourth-order valence-electron chi connectivity index (χ4n) is 2.52. The fraction of sp³-hybridized carbons (Fsp3) is 0.312. The Labute approximate surface area is 142 Å². The van der Waals surface area contributed by atoms with E-state index < -0.39 is 0 Å². The highest BCUT2D eigenvalue weighted by Crippen LogP contribution is 2.10. The maximum atomic E-state index is 12.4. The second-order valence-corrected chi connectivity index (χ2v) is 5.23. The third-order valence-corrected chi connectivity index (χ3v) is 3.78. The van der Waals surface area contributed by atoms with Crippen LogP contribution in [-0.2, 0) is 13.1 Å². The summed E-state index contributed by atoms with van der Waals surface area (Å²) in [5.41, 5.74) is 0.696. The molecular formula is C16H18N6O3. The number of fused-ring (bicyclic) bond motifs is 1. The van der Waals surface area contributed by atoms with Crippen molar-refractivity contribution in [2.75, 3.05) is 7.11 Å². The molecule has 130 valence electrons. The fourth-order valence-corrected chi connectivity index (χ4v) is 2.52. The van der Waals surface area contributed by atoms with Gasteiger partial charge < -0.3 is 9.72 Å². The number of aromatic amines is 1. The Kier molecular flexibility index (Phi) is 4.46. The number of imidazole rings is 1. The minimum atomic E-state index is -0.368. The van der Waals surface area contributed by atoms with Crippen LogP contribution in [-0.4, -0.2) is 36.2 Å². The van der Waals surface area contributed by atoms with E-state index >= 15 is 0 Å². The largest absolute Gasteiger partial charge is 0.467 e. The molecule has 0 aliphatic heterocycles. The molecule has 1 N–H and O–H groups in total. The molecule has 3 aromatic heterocycles. The lowest BCUT2D eigenvalue weighted by Gasteiger charge is -2.06. The molecule has 0 amide bonds. The number of ether oxygens (including phenoxy) is 1. The molecule has 0 spiro atoms. The van der Waals surface area contributed by atoms with Crippen LogP contribution in [0, 0.1) is 0 Å². The highest BCUT2D eigenvalue weighted by atomic mass is 16.5. The van der Waals surface area contributed by atoms with Crippen molar-refractivity contribution in [2.24, 2.45) is 0 Å². The summed E-state index contributed by atoms with van der Waals surface area (Å²) in [5, 5.41) is 0. The van der Waals surface area contributed by atoms with Crippen molar-refractivity contribution >= 4 is 23.3 Å². The summed E-state index contributed by atoms with van der Waals surface area (Å²) in [6.45, 7) is 4.33. The average Bonchev–Trinajstić information content (AvgIpc) is 3.05. The second-order valence-electron chi connectivity index (χ2n) is 5.23. The van der Waals surface area contributed by atoms with Crippen LogP contribution < -0.4 is 16.0 Å². The first-order valence-corrected chi connectivity index (χ1v) is 7.86. The number of hydrogen-bond donors (Lipinski definition) is 1. The molecule has 0 saturated heterocycles. The summed E-state index contributed by atoms with van der Waals surface area (Å²) in [5.74, 6) is 0.471. The molecule has 0 radical (unpaired) electrons. The summed E-state index contributed by atoms with van der Waals surface area (Å²) in [6, 6.07) is 0.285. The normalized spacial score (nSPS) is 11.5. The Hall–Kier alpha value is -3.23. The average molecular weight is 342 g/mol. The van der Waals surface area contributed by atoms with Crippen LogP contribution in [0.15, 0.2) is 22.0 Å².